The van der Waals surface area contributed by atoms with Gasteiger partial charge in [0.2, 0.25) is 0 Å². The lowest BCUT2D eigenvalue weighted by atomic mass is 9.99. The molecule has 166 valence electrons. The number of ether oxygens (including phenoxy) is 1. The number of unbranched alkanes of at least 4 members (excludes halogenated alkanes) is 1. The van der Waals surface area contributed by atoms with E-state index in [4.69, 9.17) is 4.74 Å². The fraction of sp³-hybridized carbons (Fsp3) is 0.391. The molecule has 1 aliphatic heterocycles. The van der Waals surface area contributed by atoms with Crippen molar-refractivity contribution in [1.29, 1.82) is 0 Å². The molecule has 2 aromatic carbocycles. The van der Waals surface area contributed by atoms with Gasteiger partial charge >= 0.3 is 6.03 Å². The molecule has 1 N–H and O–H groups in total. The summed E-state index contributed by atoms with van der Waals surface area (Å²) in [5, 5.41) is 11.7. The van der Waals surface area contributed by atoms with Crippen LogP contribution in [0.3, 0.4) is 0 Å². The number of aliphatic hydroxyl groups is 1. The molecule has 2 unspecified atom stereocenters. The first-order valence-electron chi connectivity index (χ1n) is 10.2. The quantitative estimate of drug-likeness (QED) is 0.269. The second-order valence-corrected chi connectivity index (χ2v) is 9.95. The summed E-state index contributed by atoms with van der Waals surface area (Å²) in [5.74, 6) is -0.0599. The highest BCUT2D eigenvalue weighted by molar-refractivity contribution is 9.10. The van der Waals surface area contributed by atoms with Crippen LogP contribution >= 0.6 is 31.9 Å². The van der Waals surface area contributed by atoms with Gasteiger partial charge in [0.05, 0.1) is 12.3 Å². The number of hydrogen-bond donors (Lipinski definition) is 1. The van der Waals surface area contributed by atoms with E-state index in [0.29, 0.717) is 23.6 Å². The Bertz CT molecular complexity index is 934. The molecule has 1 aliphatic rings. The van der Waals surface area contributed by atoms with Crippen molar-refractivity contribution in [3.8, 4) is 5.75 Å². The topological polar surface area (TPSA) is 70.1 Å². The standard InChI is InChI=1S/C23H26Br2N2O4/c1-4-5-14-31-20-12-6-17(7-13-20)23(30)21(28)26(19-10-8-18(25)9-11-19)22(29)27(23)16(3)15(2)24/h6-13,15-16,30H,4-5,14H2,1-3H3/t15?,16-,23?/m0/s1. The van der Waals surface area contributed by atoms with E-state index in [9.17, 15) is 14.7 Å². The van der Waals surface area contributed by atoms with Gasteiger partial charge in [-0.1, -0.05) is 52.1 Å². The maximum absolute atomic E-state index is 13.5. The highest BCUT2D eigenvalue weighted by Gasteiger charge is 2.60. The molecule has 0 bridgehead atoms. The van der Waals surface area contributed by atoms with Crippen LogP contribution in [0.25, 0.3) is 0 Å². The maximum Gasteiger partial charge on any atom is 0.334 e. The average molecular weight is 554 g/mol. The van der Waals surface area contributed by atoms with E-state index in [2.05, 4.69) is 38.8 Å². The number of urea groups is 1. The molecule has 1 saturated heterocycles. The van der Waals surface area contributed by atoms with E-state index in [1.807, 2.05) is 6.92 Å². The number of imide groups is 1. The Hall–Kier alpha value is -1.90. The number of nitrogens with zero attached hydrogens (tertiary/aromatic N) is 2. The normalized spacial score (nSPS) is 20.8. The van der Waals surface area contributed by atoms with Gasteiger partial charge in [-0.15, -0.1) is 0 Å². The Kier molecular flexibility index (Phi) is 7.44. The third-order valence-corrected chi connectivity index (χ3v) is 6.72. The number of alkyl halides is 1. The second-order valence-electron chi connectivity index (χ2n) is 7.59. The fourth-order valence-corrected chi connectivity index (χ4v) is 3.97. The summed E-state index contributed by atoms with van der Waals surface area (Å²) in [5.41, 5.74) is -1.42. The number of anilines is 1. The number of rotatable bonds is 8. The molecule has 0 saturated carbocycles. The van der Waals surface area contributed by atoms with Crippen LogP contribution < -0.4 is 9.64 Å². The van der Waals surface area contributed by atoms with Crippen molar-refractivity contribution in [1.82, 2.24) is 4.90 Å². The summed E-state index contributed by atoms with van der Waals surface area (Å²) >= 11 is 6.85. The van der Waals surface area contributed by atoms with Crippen LogP contribution in [0.15, 0.2) is 53.0 Å². The van der Waals surface area contributed by atoms with Gasteiger partial charge in [0.1, 0.15) is 5.75 Å². The van der Waals surface area contributed by atoms with E-state index < -0.39 is 23.7 Å². The minimum atomic E-state index is -2.13. The molecule has 0 spiro atoms. The molecule has 3 atom stereocenters. The lowest BCUT2D eigenvalue weighted by Crippen LogP contribution is -2.53. The summed E-state index contributed by atoms with van der Waals surface area (Å²) in [4.78, 5) is 29.0. The third-order valence-electron chi connectivity index (χ3n) is 5.43. The van der Waals surface area contributed by atoms with Crippen LogP contribution in [0.1, 0.15) is 39.2 Å². The number of hydrogen-bond acceptors (Lipinski definition) is 4. The van der Waals surface area contributed by atoms with Crippen molar-refractivity contribution >= 4 is 49.5 Å². The van der Waals surface area contributed by atoms with Crippen molar-refractivity contribution in [2.75, 3.05) is 11.5 Å². The zero-order valence-corrected chi connectivity index (χ0v) is 20.9. The predicted molar refractivity (Wildman–Crippen MR) is 127 cm³/mol. The van der Waals surface area contributed by atoms with E-state index in [1.165, 1.54) is 4.90 Å². The van der Waals surface area contributed by atoms with E-state index >= 15 is 0 Å². The molecule has 0 aliphatic carbocycles. The summed E-state index contributed by atoms with van der Waals surface area (Å²) < 4.78 is 6.51. The second kappa shape index (κ2) is 9.71. The van der Waals surface area contributed by atoms with Gasteiger partial charge in [0.25, 0.3) is 11.6 Å². The van der Waals surface area contributed by atoms with Crippen LogP contribution in [-0.2, 0) is 10.5 Å². The number of carbonyl (C=O) groups is 2. The maximum atomic E-state index is 13.5. The van der Waals surface area contributed by atoms with E-state index in [-0.39, 0.29) is 4.83 Å². The van der Waals surface area contributed by atoms with Gasteiger partial charge in [-0.3, -0.25) is 9.69 Å². The molecule has 1 fully saturated rings. The van der Waals surface area contributed by atoms with Crippen LogP contribution in [0.5, 0.6) is 5.75 Å². The van der Waals surface area contributed by atoms with Gasteiger partial charge in [0, 0.05) is 20.9 Å². The molecule has 8 heteroatoms. The average Bonchev–Trinajstić information content (AvgIpc) is 2.95. The van der Waals surface area contributed by atoms with Gasteiger partial charge in [0.15, 0.2) is 0 Å². The molecule has 3 rings (SSSR count). The van der Waals surface area contributed by atoms with E-state index in [1.54, 1.807) is 55.5 Å². The lowest BCUT2D eigenvalue weighted by molar-refractivity contribution is -0.151. The fourth-order valence-electron chi connectivity index (χ4n) is 3.46. The monoisotopic (exact) mass is 552 g/mol. The van der Waals surface area contributed by atoms with Crippen LogP contribution in [0.4, 0.5) is 10.5 Å². The molecule has 31 heavy (non-hydrogen) atoms. The predicted octanol–water partition coefficient (Wildman–Crippen LogP) is 5.41. The zero-order valence-electron chi connectivity index (χ0n) is 17.7. The van der Waals surface area contributed by atoms with Gasteiger partial charge in [-0.05, 0) is 61.9 Å². The SMILES string of the molecule is CCCCOc1ccc(C2(O)C(=O)N(c3ccc(Br)cc3)C(=O)N2[C@@H](C)C(C)Br)cc1. The molecule has 3 amide bonds. The minimum absolute atomic E-state index is 0.155. The first kappa shape index (κ1) is 23.8. The van der Waals surface area contributed by atoms with Crippen molar-refractivity contribution in [2.45, 2.75) is 50.2 Å². The van der Waals surface area contributed by atoms with Crippen molar-refractivity contribution < 1.29 is 19.4 Å². The molecule has 2 aromatic rings. The molecule has 6 nitrogen and oxygen atoms in total. The Morgan fingerprint density at radius 3 is 2.23 bits per heavy atom. The lowest BCUT2D eigenvalue weighted by Gasteiger charge is -2.36. The number of benzene rings is 2. The largest absolute Gasteiger partial charge is 0.494 e. The highest BCUT2D eigenvalue weighted by atomic mass is 79.9. The van der Waals surface area contributed by atoms with Crippen molar-refractivity contribution in [3.05, 3.63) is 58.6 Å². The summed E-state index contributed by atoms with van der Waals surface area (Å²) in [6.45, 7) is 6.35. The van der Waals surface area contributed by atoms with Gasteiger partial charge in [-0.2, -0.15) is 0 Å². The Morgan fingerprint density at radius 1 is 1.06 bits per heavy atom. The zero-order chi connectivity index (χ0) is 22.8. The van der Waals surface area contributed by atoms with Gasteiger partial charge < -0.3 is 9.84 Å². The van der Waals surface area contributed by atoms with Crippen molar-refractivity contribution in [2.24, 2.45) is 0 Å². The highest BCUT2D eigenvalue weighted by Crippen LogP contribution is 2.41. The summed E-state index contributed by atoms with van der Waals surface area (Å²) in [7, 11) is 0. The van der Waals surface area contributed by atoms with Crippen molar-refractivity contribution in [3.63, 3.8) is 0 Å². The number of halogens is 2. The molecule has 0 aromatic heterocycles. The smallest absolute Gasteiger partial charge is 0.334 e. The Balaban J connectivity index is 2.02. The first-order chi connectivity index (χ1) is 14.7. The Morgan fingerprint density at radius 2 is 1.68 bits per heavy atom. The number of amides is 3. The Labute approximate surface area is 199 Å². The molecule has 0 radical (unpaired) electrons. The summed E-state index contributed by atoms with van der Waals surface area (Å²) in [6, 6.07) is 12.5. The van der Waals surface area contributed by atoms with Gasteiger partial charge in [-0.25, -0.2) is 9.69 Å². The van der Waals surface area contributed by atoms with Crippen LogP contribution in [0, 0.1) is 0 Å². The first-order valence-corrected chi connectivity index (χ1v) is 12.0. The molecule has 1 heterocycles. The van der Waals surface area contributed by atoms with Crippen LogP contribution in [0.2, 0.25) is 0 Å². The molecular weight excluding hydrogens is 528 g/mol. The van der Waals surface area contributed by atoms with E-state index in [0.717, 1.165) is 22.2 Å². The third kappa shape index (κ3) is 4.52. The number of carbonyl (C=O) groups excluding carboxylic acids is 2. The molecular formula is C23H26Br2N2O4. The van der Waals surface area contributed by atoms with Crippen LogP contribution in [-0.4, -0.2) is 39.4 Å². The summed E-state index contributed by atoms with van der Waals surface area (Å²) in [6.07, 6.45) is 1.97. The minimum Gasteiger partial charge on any atom is -0.494 e.